The summed E-state index contributed by atoms with van der Waals surface area (Å²) in [7, 11) is 0. The SMILES string of the molecule is CCc1ccc(CC(=O)C2Cc3ccccc3N2)s1. The minimum Gasteiger partial charge on any atom is -0.375 e. The highest BCUT2D eigenvalue weighted by molar-refractivity contribution is 7.12. The second kappa shape index (κ2) is 5.17. The van der Waals surface area contributed by atoms with Crippen molar-refractivity contribution in [1.29, 1.82) is 0 Å². The van der Waals surface area contributed by atoms with Gasteiger partial charge in [-0.05, 0) is 30.2 Å². The van der Waals surface area contributed by atoms with Crippen LogP contribution in [0, 0.1) is 0 Å². The van der Waals surface area contributed by atoms with Gasteiger partial charge in [0.05, 0.1) is 6.04 Å². The number of rotatable bonds is 4. The molecule has 0 saturated heterocycles. The summed E-state index contributed by atoms with van der Waals surface area (Å²) >= 11 is 1.76. The lowest BCUT2D eigenvalue weighted by Crippen LogP contribution is -2.28. The van der Waals surface area contributed by atoms with Crippen molar-refractivity contribution in [3.8, 4) is 0 Å². The largest absolute Gasteiger partial charge is 0.375 e. The number of hydrogen-bond donors (Lipinski definition) is 1. The van der Waals surface area contributed by atoms with Gasteiger partial charge in [0.15, 0.2) is 5.78 Å². The van der Waals surface area contributed by atoms with Crippen LogP contribution in [-0.2, 0) is 24.1 Å². The molecule has 0 saturated carbocycles. The second-order valence-electron chi connectivity index (χ2n) is 4.92. The van der Waals surface area contributed by atoms with Gasteiger partial charge in [-0.25, -0.2) is 0 Å². The summed E-state index contributed by atoms with van der Waals surface area (Å²) in [5.41, 5.74) is 2.36. The molecule has 1 unspecified atom stereocenters. The van der Waals surface area contributed by atoms with Crippen LogP contribution in [0.3, 0.4) is 0 Å². The summed E-state index contributed by atoms with van der Waals surface area (Å²) in [4.78, 5) is 14.9. The van der Waals surface area contributed by atoms with Crippen molar-refractivity contribution in [3.63, 3.8) is 0 Å². The van der Waals surface area contributed by atoms with E-state index in [4.69, 9.17) is 0 Å². The fourth-order valence-corrected chi connectivity index (χ4v) is 3.46. The lowest BCUT2D eigenvalue weighted by molar-refractivity contribution is -0.119. The number of fused-ring (bicyclic) bond motifs is 1. The summed E-state index contributed by atoms with van der Waals surface area (Å²) < 4.78 is 0. The summed E-state index contributed by atoms with van der Waals surface area (Å²) in [6.45, 7) is 2.15. The molecule has 1 atom stereocenters. The molecular weight excluding hydrogens is 254 g/mol. The smallest absolute Gasteiger partial charge is 0.160 e. The standard InChI is InChI=1S/C16H17NOS/c1-2-12-7-8-13(19-12)10-16(18)15-9-11-5-3-4-6-14(11)17-15/h3-8,15,17H,2,9-10H2,1H3. The summed E-state index contributed by atoms with van der Waals surface area (Å²) in [6, 6.07) is 12.3. The highest BCUT2D eigenvalue weighted by Crippen LogP contribution is 2.27. The average molecular weight is 271 g/mol. The molecule has 3 rings (SSSR count). The van der Waals surface area contributed by atoms with Crippen LogP contribution in [-0.4, -0.2) is 11.8 Å². The highest BCUT2D eigenvalue weighted by Gasteiger charge is 2.26. The van der Waals surface area contributed by atoms with Gasteiger partial charge in [0, 0.05) is 28.3 Å². The average Bonchev–Trinajstić information content (AvgIpc) is 3.04. The van der Waals surface area contributed by atoms with Crippen molar-refractivity contribution in [1.82, 2.24) is 0 Å². The molecule has 3 heteroatoms. The van der Waals surface area contributed by atoms with E-state index < -0.39 is 0 Å². The normalized spacial score (nSPS) is 17.0. The van der Waals surface area contributed by atoms with E-state index >= 15 is 0 Å². The van der Waals surface area contributed by atoms with Crippen LogP contribution in [0.4, 0.5) is 5.69 Å². The fourth-order valence-electron chi connectivity index (χ4n) is 2.49. The number of hydrogen-bond acceptors (Lipinski definition) is 3. The van der Waals surface area contributed by atoms with Crippen LogP contribution in [0.5, 0.6) is 0 Å². The van der Waals surface area contributed by atoms with E-state index in [1.54, 1.807) is 11.3 Å². The molecule has 1 aromatic heterocycles. The Kier molecular flexibility index (Phi) is 3.38. The van der Waals surface area contributed by atoms with E-state index in [0.29, 0.717) is 12.2 Å². The fraction of sp³-hybridized carbons (Fsp3) is 0.312. The Morgan fingerprint density at radius 1 is 1.26 bits per heavy atom. The Morgan fingerprint density at radius 2 is 2.05 bits per heavy atom. The van der Waals surface area contributed by atoms with Crippen LogP contribution in [0.1, 0.15) is 22.2 Å². The molecule has 0 spiro atoms. The Bertz CT molecular complexity index is 577. The third-order valence-electron chi connectivity index (χ3n) is 3.57. The maximum absolute atomic E-state index is 12.3. The number of aryl methyl sites for hydroxylation is 1. The molecule has 0 bridgehead atoms. The van der Waals surface area contributed by atoms with Gasteiger partial charge in [-0.1, -0.05) is 25.1 Å². The van der Waals surface area contributed by atoms with Crippen molar-refractivity contribution in [2.24, 2.45) is 0 Å². The third kappa shape index (κ3) is 2.56. The number of anilines is 1. The molecule has 2 nitrogen and oxygen atoms in total. The zero-order chi connectivity index (χ0) is 13.2. The number of para-hydroxylation sites is 1. The molecule has 19 heavy (non-hydrogen) atoms. The predicted molar refractivity (Wildman–Crippen MR) is 80.0 cm³/mol. The van der Waals surface area contributed by atoms with Gasteiger partial charge in [0.25, 0.3) is 0 Å². The molecule has 1 N–H and O–H groups in total. The van der Waals surface area contributed by atoms with E-state index in [0.717, 1.165) is 18.5 Å². The van der Waals surface area contributed by atoms with Crippen LogP contribution >= 0.6 is 11.3 Å². The van der Waals surface area contributed by atoms with Crippen molar-refractivity contribution in [2.45, 2.75) is 32.2 Å². The third-order valence-corrected chi connectivity index (χ3v) is 4.80. The van der Waals surface area contributed by atoms with Crippen molar-refractivity contribution < 1.29 is 4.79 Å². The molecule has 1 aromatic carbocycles. The van der Waals surface area contributed by atoms with Crippen molar-refractivity contribution in [3.05, 3.63) is 51.7 Å². The van der Waals surface area contributed by atoms with Crippen LogP contribution < -0.4 is 5.32 Å². The quantitative estimate of drug-likeness (QED) is 0.922. The first-order valence-electron chi connectivity index (χ1n) is 6.71. The lowest BCUT2D eigenvalue weighted by Gasteiger charge is -2.09. The number of benzene rings is 1. The monoisotopic (exact) mass is 271 g/mol. The maximum Gasteiger partial charge on any atom is 0.160 e. The molecule has 98 valence electrons. The minimum absolute atomic E-state index is 0.0513. The molecule has 0 fully saturated rings. The zero-order valence-corrected chi connectivity index (χ0v) is 11.8. The molecular formula is C16H17NOS. The van der Waals surface area contributed by atoms with Gasteiger partial charge in [0.2, 0.25) is 0 Å². The van der Waals surface area contributed by atoms with Crippen molar-refractivity contribution >= 4 is 22.8 Å². The first kappa shape index (κ1) is 12.4. The highest BCUT2D eigenvalue weighted by atomic mass is 32.1. The van der Waals surface area contributed by atoms with Gasteiger partial charge >= 0.3 is 0 Å². The van der Waals surface area contributed by atoms with E-state index in [1.807, 2.05) is 18.2 Å². The molecule has 1 aliphatic rings. The van der Waals surface area contributed by atoms with Crippen LogP contribution in [0.15, 0.2) is 36.4 Å². The number of Topliss-reactive ketones (excluding diaryl/α,β-unsaturated/α-hetero) is 1. The van der Waals surface area contributed by atoms with Crippen LogP contribution in [0.2, 0.25) is 0 Å². The van der Waals surface area contributed by atoms with Crippen LogP contribution in [0.25, 0.3) is 0 Å². The molecule has 0 amide bonds. The minimum atomic E-state index is -0.0513. The van der Waals surface area contributed by atoms with E-state index in [2.05, 4.69) is 30.4 Å². The molecule has 1 aliphatic heterocycles. The first-order valence-corrected chi connectivity index (χ1v) is 7.52. The van der Waals surface area contributed by atoms with E-state index in [1.165, 1.54) is 15.3 Å². The summed E-state index contributed by atoms with van der Waals surface area (Å²) in [6.07, 6.45) is 2.42. The molecule has 2 heterocycles. The van der Waals surface area contributed by atoms with Gasteiger partial charge in [0.1, 0.15) is 0 Å². The number of thiophene rings is 1. The Balaban J connectivity index is 1.66. The van der Waals surface area contributed by atoms with Gasteiger partial charge < -0.3 is 5.32 Å². The Morgan fingerprint density at radius 3 is 2.79 bits per heavy atom. The maximum atomic E-state index is 12.3. The topological polar surface area (TPSA) is 29.1 Å². The number of carbonyl (C=O) groups is 1. The molecule has 2 aromatic rings. The van der Waals surface area contributed by atoms with E-state index in [-0.39, 0.29) is 6.04 Å². The number of nitrogens with one attached hydrogen (secondary N) is 1. The predicted octanol–water partition coefficient (Wildman–Crippen LogP) is 3.46. The Labute approximate surface area is 117 Å². The summed E-state index contributed by atoms with van der Waals surface area (Å²) in [5, 5.41) is 3.33. The zero-order valence-electron chi connectivity index (χ0n) is 11.0. The Hall–Kier alpha value is -1.61. The molecule has 0 radical (unpaired) electrons. The number of ketones is 1. The molecule has 0 aliphatic carbocycles. The number of carbonyl (C=O) groups excluding carboxylic acids is 1. The van der Waals surface area contributed by atoms with Gasteiger partial charge in [-0.2, -0.15) is 0 Å². The van der Waals surface area contributed by atoms with Gasteiger partial charge in [-0.3, -0.25) is 4.79 Å². The lowest BCUT2D eigenvalue weighted by atomic mass is 10.0. The summed E-state index contributed by atoms with van der Waals surface area (Å²) in [5.74, 6) is 0.292. The first-order chi connectivity index (χ1) is 9.26. The van der Waals surface area contributed by atoms with Crippen molar-refractivity contribution in [2.75, 3.05) is 5.32 Å². The second-order valence-corrected chi connectivity index (χ2v) is 6.18. The van der Waals surface area contributed by atoms with Gasteiger partial charge in [-0.15, -0.1) is 11.3 Å². The van der Waals surface area contributed by atoms with E-state index in [9.17, 15) is 4.79 Å².